The molecule has 4 nitrogen and oxygen atoms in total. The van der Waals surface area contributed by atoms with E-state index in [2.05, 4.69) is 4.98 Å². The van der Waals surface area contributed by atoms with E-state index in [0.717, 1.165) is 22.6 Å². The number of Topliss-reactive ketones (excluding diaryl/α,β-unsaturated/α-hetero) is 1. The van der Waals surface area contributed by atoms with Crippen LogP contribution in [-0.4, -0.2) is 24.4 Å². The van der Waals surface area contributed by atoms with Crippen molar-refractivity contribution in [2.75, 3.05) is 13.7 Å². The number of nitrogens with two attached hydrogens (primary N) is 1. The summed E-state index contributed by atoms with van der Waals surface area (Å²) in [6.07, 6.45) is 2.04. The third-order valence-corrected chi connectivity index (χ3v) is 3.34. The smallest absolute Gasteiger partial charge is 0.145 e. The Morgan fingerprint density at radius 2 is 2.06 bits per heavy atom. The molecule has 0 aliphatic rings. The van der Waals surface area contributed by atoms with E-state index in [4.69, 9.17) is 10.5 Å². The molecule has 18 heavy (non-hydrogen) atoms. The summed E-state index contributed by atoms with van der Waals surface area (Å²) < 4.78 is 5.33. The number of hydrogen-bond acceptors (Lipinski definition) is 4. The lowest BCUT2D eigenvalue weighted by atomic mass is 9.85. The molecule has 0 bridgehead atoms. The first kappa shape index (κ1) is 14.6. The molecule has 100 valence electrons. The molecule has 2 N–H and O–H groups in total. The van der Waals surface area contributed by atoms with Crippen LogP contribution in [0.1, 0.15) is 30.7 Å². The van der Waals surface area contributed by atoms with Crippen LogP contribution in [0.5, 0.6) is 5.75 Å². The Hall–Kier alpha value is -1.42. The quantitative estimate of drug-likeness (QED) is 0.865. The molecule has 1 heterocycles. The lowest BCUT2D eigenvalue weighted by Gasteiger charge is -2.21. The predicted octanol–water partition coefficient (Wildman–Crippen LogP) is 1.80. The average Bonchev–Trinajstić information content (AvgIpc) is 2.33. The van der Waals surface area contributed by atoms with Gasteiger partial charge in [0.1, 0.15) is 11.5 Å². The van der Waals surface area contributed by atoms with Gasteiger partial charge < -0.3 is 10.5 Å². The summed E-state index contributed by atoms with van der Waals surface area (Å²) in [5.41, 5.74) is 7.78. The molecule has 0 atom stereocenters. The van der Waals surface area contributed by atoms with Crippen LogP contribution < -0.4 is 10.5 Å². The third-order valence-electron chi connectivity index (χ3n) is 3.34. The van der Waals surface area contributed by atoms with Gasteiger partial charge in [-0.15, -0.1) is 0 Å². The van der Waals surface area contributed by atoms with Crippen molar-refractivity contribution in [1.29, 1.82) is 0 Å². The van der Waals surface area contributed by atoms with Crippen molar-refractivity contribution in [3.63, 3.8) is 0 Å². The third kappa shape index (κ3) is 2.88. The minimum atomic E-state index is -0.508. The van der Waals surface area contributed by atoms with E-state index >= 15 is 0 Å². The number of nitrogens with zero attached hydrogens (tertiary/aromatic N) is 1. The molecule has 0 fully saturated rings. The molecule has 1 aromatic heterocycles. The molecular formula is C14H22N2O2. The van der Waals surface area contributed by atoms with Gasteiger partial charge in [-0.3, -0.25) is 9.78 Å². The normalized spacial score (nSPS) is 11.4. The number of methoxy groups -OCH3 is 1. The Kier molecular flexibility index (Phi) is 4.46. The van der Waals surface area contributed by atoms with E-state index in [0.29, 0.717) is 13.0 Å². The number of aryl methyl sites for hydroxylation is 1. The molecule has 1 aromatic rings. The zero-order valence-corrected chi connectivity index (χ0v) is 11.8. The SMILES string of the molecule is COc1c(C)cnc(CC(=O)C(C)(C)CN)c1C. The van der Waals surface area contributed by atoms with Gasteiger partial charge in [-0.1, -0.05) is 13.8 Å². The molecule has 0 aromatic carbocycles. The molecule has 0 aliphatic carbocycles. The van der Waals surface area contributed by atoms with Crippen molar-refractivity contribution in [2.45, 2.75) is 34.1 Å². The highest BCUT2D eigenvalue weighted by Crippen LogP contribution is 2.26. The van der Waals surface area contributed by atoms with E-state index in [1.165, 1.54) is 0 Å². The summed E-state index contributed by atoms with van der Waals surface area (Å²) in [7, 11) is 1.63. The summed E-state index contributed by atoms with van der Waals surface area (Å²) in [5.74, 6) is 0.907. The van der Waals surface area contributed by atoms with Crippen LogP contribution in [0.4, 0.5) is 0 Å². The first-order valence-electron chi connectivity index (χ1n) is 6.06. The maximum absolute atomic E-state index is 12.1. The number of carbonyl (C=O) groups excluding carboxylic acids is 1. The second-order valence-corrected chi connectivity index (χ2v) is 5.23. The van der Waals surface area contributed by atoms with Crippen molar-refractivity contribution >= 4 is 5.78 Å². The van der Waals surface area contributed by atoms with Crippen molar-refractivity contribution < 1.29 is 9.53 Å². The van der Waals surface area contributed by atoms with Crippen LogP contribution in [-0.2, 0) is 11.2 Å². The lowest BCUT2D eigenvalue weighted by molar-refractivity contribution is -0.126. The molecule has 0 saturated carbocycles. The highest BCUT2D eigenvalue weighted by atomic mass is 16.5. The molecule has 0 spiro atoms. The Morgan fingerprint density at radius 3 is 2.56 bits per heavy atom. The molecule has 0 amide bonds. The Morgan fingerprint density at radius 1 is 1.44 bits per heavy atom. The zero-order valence-electron chi connectivity index (χ0n) is 11.8. The minimum Gasteiger partial charge on any atom is -0.496 e. The van der Waals surface area contributed by atoms with E-state index in [9.17, 15) is 4.79 Å². The van der Waals surface area contributed by atoms with Gasteiger partial charge in [0.15, 0.2) is 0 Å². The monoisotopic (exact) mass is 250 g/mol. The van der Waals surface area contributed by atoms with E-state index in [1.807, 2.05) is 27.7 Å². The molecule has 0 unspecified atom stereocenters. The van der Waals surface area contributed by atoms with Gasteiger partial charge in [0.05, 0.1) is 12.8 Å². The van der Waals surface area contributed by atoms with Crippen LogP contribution in [0.25, 0.3) is 0 Å². The van der Waals surface area contributed by atoms with Crippen LogP contribution in [0.3, 0.4) is 0 Å². The number of carbonyl (C=O) groups is 1. The summed E-state index contributed by atoms with van der Waals surface area (Å²) >= 11 is 0. The van der Waals surface area contributed by atoms with E-state index in [1.54, 1.807) is 13.3 Å². The van der Waals surface area contributed by atoms with Gasteiger partial charge in [-0.25, -0.2) is 0 Å². The molecule has 0 radical (unpaired) electrons. The molecule has 0 aliphatic heterocycles. The molecule has 0 saturated heterocycles. The number of pyridine rings is 1. The lowest BCUT2D eigenvalue weighted by Crippen LogP contribution is -2.34. The van der Waals surface area contributed by atoms with Crippen molar-refractivity contribution in [3.8, 4) is 5.75 Å². The van der Waals surface area contributed by atoms with Gasteiger partial charge in [-0.05, 0) is 13.8 Å². The Balaban J connectivity index is 3.03. The van der Waals surface area contributed by atoms with Crippen LogP contribution in [0.2, 0.25) is 0 Å². The van der Waals surface area contributed by atoms with Gasteiger partial charge in [0, 0.05) is 35.7 Å². The Labute approximate surface area is 109 Å². The number of hydrogen-bond donors (Lipinski definition) is 1. The topological polar surface area (TPSA) is 65.2 Å². The van der Waals surface area contributed by atoms with E-state index < -0.39 is 5.41 Å². The van der Waals surface area contributed by atoms with Gasteiger partial charge in [0.25, 0.3) is 0 Å². The zero-order chi connectivity index (χ0) is 13.9. The summed E-state index contributed by atoms with van der Waals surface area (Å²) in [5, 5.41) is 0. The van der Waals surface area contributed by atoms with Crippen molar-refractivity contribution in [3.05, 3.63) is 23.0 Å². The molecule has 4 heteroatoms. The highest BCUT2D eigenvalue weighted by Gasteiger charge is 2.26. The predicted molar refractivity (Wildman–Crippen MR) is 71.8 cm³/mol. The van der Waals surface area contributed by atoms with Crippen LogP contribution >= 0.6 is 0 Å². The van der Waals surface area contributed by atoms with E-state index in [-0.39, 0.29) is 5.78 Å². The minimum absolute atomic E-state index is 0.103. The van der Waals surface area contributed by atoms with Gasteiger partial charge >= 0.3 is 0 Å². The fraction of sp³-hybridized carbons (Fsp3) is 0.571. The van der Waals surface area contributed by atoms with Gasteiger partial charge in [-0.2, -0.15) is 0 Å². The number of ether oxygens (including phenoxy) is 1. The largest absolute Gasteiger partial charge is 0.496 e. The second kappa shape index (κ2) is 5.48. The maximum atomic E-state index is 12.1. The number of ketones is 1. The number of rotatable bonds is 5. The summed E-state index contributed by atoms with van der Waals surface area (Å²) in [4.78, 5) is 16.5. The highest BCUT2D eigenvalue weighted by molar-refractivity contribution is 5.86. The van der Waals surface area contributed by atoms with Crippen molar-refractivity contribution in [2.24, 2.45) is 11.1 Å². The van der Waals surface area contributed by atoms with Crippen LogP contribution in [0.15, 0.2) is 6.20 Å². The second-order valence-electron chi connectivity index (χ2n) is 5.23. The van der Waals surface area contributed by atoms with Crippen molar-refractivity contribution in [1.82, 2.24) is 4.98 Å². The molecular weight excluding hydrogens is 228 g/mol. The maximum Gasteiger partial charge on any atom is 0.145 e. The van der Waals surface area contributed by atoms with Crippen LogP contribution in [0, 0.1) is 19.3 Å². The first-order valence-corrected chi connectivity index (χ1v) is 6.06. The molecule has 1 rings (SSSR count). The number of aromatic nitrogens is 1. The summed E-state index contributed by atoms with van der Waals surface area (Å²) in [6, 6.07) is 0. The Bertz CT molecular complexity index is 453. The fourth-order valence-corrected chi connectivity index (χ4v) is 1.75. The summed E-state index contributed by atoms with van der Waals surface area (Å²) in [6.45, 7) is 7.92. The van der Waals surface area contributed by atoms with Gasteiger partial charge in [0.2, 0.25) is 0 Å². The fourth-order valence-electron chi connectivity index (χ4n) is 1.75. The first-order chi connectivity index (χ1) is 8.33. The average molecular weight is 250 g/mol. The standard InChI is InChI=1S/C14H22N2O2/c1-9-7-16-11(10(2)13(9)18-5)6-12(17)14(3,4)8-15/h7H,6,8,15H2,1-5H3.